The van der Waals surface area contributed by atoms with Gasteiger partial charge in [-0.1, -0.05) is 11.6 Å². The summed E-state index contributed by atoms with van der Waals surface area (Å²) >= 11 is 6.12. The number of nitrogens with zero attached hydrogens (tertiary/aromatic N) is 5. The lowest BCUT2D eigenvalue weighted by atomic mass is 9.76. The van der Waals surface area contributed by atoms with Gasteiger partial charge in [-0.2, -0.15) is 18.3 Å². The molecule has 0 spiro atoms. The Morgan fingerprint density at radius 3 is 2.09 bits per heavy atom. The van der Waals surface area contributed by atoms with Crippen molar-refractivity contribution in [3.63, 3.8) is 0 Å². The number of rotatable bonds is 7. The second-order valence-electron chi connectivity index (χ2n) is 15.0. The Labute approximate surface area is 314 Å². The zero-order chi connectivity index (χ0) is 37.9. The molecule has 5 amide bonds. The van der Waals surface area contributed by atoms with E-state index in [1.165, 1.54) is 6.07 Å². The third-order valence-corrected chi connectivity index (χ3v) is 12.4. The van der Waals surface area contributed by atoms with Gasteiger partial charge < -0.3 is 15.1 Å². The molecule has 1 atom stereocenters. The predicted molar refractivity (Wildman–Crippen MR) is 192 cm³/mol. The Bertz CT molecular complexity index is 2030. The zero-order valence-electron chi connectivity index (χ0n) is 29.3. The van der Waals surface area contributed by atoms with Crippen LogP contribution in [0.15, 0.2) is 48.8 Å². The van der Waals surface area contributed by atoms with Gasteiger partial charge in [0.15, 0.2) is 0 Å². The summed E-state index contributed by atoms with van der Waals surface area (Å²) in [5, 5.41) is 9.37. The van der Waals surface area contributed by atoms with E-state index in [0.29, 0.717) is 24.7 Å². The van der Waals surface area contributed by atoms with E-state index in [1.54, 1.807) is 23.0 Å². The maximum Gasteiger partial charge on any atom is 0.416 e. The molecule has 54 heavy (non-hydrogen) atoms. The first-order valence-corrected chi connectivity index (χ1v) is 18.8. The third-order valence-electron chi connectivity index (χ3n) is 12.1. The van der Waals surface area contributed by atoms with Crippen LogP contribution in [0.1, 0.15) is 84.1 Å². The highest BCUT2D eigenvalue weighted by molar-refractivity contribution is 6.33. The van der Waals surface area contributed by atoms with Gasteiger partial charge >= 0.3 is 6.18 Å². The topological polar surface area (TPSA) is 137 Å². The third kappa shape index (κ3) is 6.39. The Kier molecular flexibility index (Phi) is 9.18. The molecule has 1 aromatic heterocycles. The van der Waals surface area contributed by atoms with Gasteiger partial charge in [0, 0.05) is 44.5 Å². The number of piperidine rings is 3. The van der Waals surface area contributed by atoms with Crippen molar-refractivity contribution in [2.75, 3.05) is 41.3 Å². The molecule has 4 aliphatic heterocycles. The number of benzene rings is 2. The lowest BCUT2D eigenvalue weighted by Crippen LogP contribution is -2.54. The van der Waals surface area contributed by atoms with E-state index >= 15 is 0 Å². The van der Waals surface area contributed by atoms with Crippen LogP contribution in [0.3, 0.4) is 0 Å². The van der Waals surface area contributed by atoms with Gasteiger partial charge in [0.1, 0.15) is 11.6 Å². The largest absolute Gasteiger partial charge is 0.416 e. The number of carbonyl (C=O) groups is 5. The van der Waals surface area contributed by atoms with Crippen LogP contribution in [0.5, 0.6) is 0 Å². The number of nitrogens with one attached hydrogen (secondary N) is 2. The fourth-order valence-electron chi connectivity index (χ4n) is 8.73. The molecular weight excluding hydrogens is 727 g/mol. The number of anilines is 3. The molecule has 3 aromatic rings. The lowest BCUT2D eigenvalue weighted by molar-refractivity contribution is -0.138. The van der Waals surface area contributed by atoms with Gasteiger partial charge in [0.2, 0.25) is 11.8 Å². The number of carbonyl (C=O) groups excluding carboxylic acids is 5. The molecule has 1 unspecified atom stereocenters. The van der Waals surface area contributed by atoms with E-state index in [4.69, 9.17) is 11.6 Å². The van der Waals surface area contributed by atoms with Gasteiger partial charge in [-0.25, -0.2) is 0 Å². The molecule has 1 aliphatic carbocycles. The summed E-state index contributed by atoms with van der Waals surface area (Å²) < 4.78 is 41.0. The maximum atomic E-state index is 13.5. The molecule has 0 bridgehead atoms. The van der Waals surface area contributed by atoms with Crippen LogP contribution in [0.2, 0.25) is 5.02 Å². The van der Waals surface area contributed by atoms with Gasteiger partial charge in [-0.15, -0.1) is 0 Å². The molecule has 2 N–H and O–H groups in total. The van der Waals surface area contributed by atoms with Gasteiger partial charge in [-0.05, 0) is 99.6 Å². The molecule has 12 nitrogen and oxygen atoms in total. The summed E-state index contributed by atoms with van der Waals surface area (Å²) in [6.45, 7) is 3.33. The minimum atomic E-state index is -4.54. The van der Waals surface area contributed by atoms with Crippen LogP contribution in [0, 0.1) is 11.8 Å². The zero-order valence-corrected chi connectivity index (χ0v) is 30.1. The molecular formula is C38H39ClF3N7O5. The second kappa shape index (κ2) is 13.7. The number of halogens is 4. The summed E-state index contributed by atoms with van der Waals surface area (Å²) in [6.07, 6.45) is 5.27. The van der Waals surface area contributed by atoms with Crippen molar-refractivity contribution >= 4 is 58.2 Å². The molecule has 3 saturated heterocycles. The number of hydrogen-bond donors (Lipinski definition) is 2. The van der Waals surface area contributed by atoms with Gasteiger partial charge in [0.25, 0.3) is 17.7 Å². The van der Waals surface area contributed by atoms with Crippen molar-refractivity contribution in [3.05, 3.63) is 70.5 Å². The predicted octanol–water partition coefficient (Wildman–Crippen LogP) is 5.61. The van der Waals surface area contributed by atoms with Gasteiger partial charge in [0.05, 0.1) is 39.3 Å². The second-order valence-corrected chi connectivity index (χ2v) is 15.4. The summed E-state index contributed by atoms with van der Waals surface area (Å²) in [4.78, 5) is 69.5. The Hall–Kier alpha value is -4.92. The van der Waals surface area contributed by atoms with Crippen molar-refractivity contribution in [2.45, 2.75) is 75.5 Å². The lowest BCUT2D eigenvalue weighted by Gasteiger charge is -2.41. The van der Waals surface area contributed by atoms with Crippen LogP contribution < -0.4 is 20.4 Å². The number of aromatic nitrogens is 2. The van der Waals surface area contributed by atoms with E-state index in [1.807, 2.05) is 12.3 Å². The molecule has 0 radical (unpaired) electrons. The van der Waals surface area contributed by atoms with Crippen molar-refractivity contribution in [1.82, 2.24) is 20.0 Å². The van der Waals surface area contributed by atoms with Crippen molar-refractivity contribution in [2.24, 2.45) is 11.8 Å². The average Bonchev–Trinajstić information content (AvgIpc) is 3.71. The van der Waals surface area contributed by atoms with E-state index in [9.17, 15) is 37.1 Å². The molecule has 8 rings (SSSR count). The summed E-state index contributed by atoms with van der Waals surface area (Å²) in [5.74, 6) is -1.31. The number of hydrogen-bond acceptors (Lipinski definition) is 8. The highest BCUT2D eigenvalue weighted by Gasteiger charge is 2.48. The summed E-state index contributed by atoms with van der Waals surface area (Å²) in [6, 6.07) is 7.17. The molecule has 5 heterocycles. The Morgan fingerprint density at radius 2 is 1.50 bits per heavy atom. The molecule has 284 valence electrons. The summed E-state index contributed by atoms with van der Waals surface area (Å²) in [5.41, 5.74) is 0.651. The number of alkyl halides is 3. The van der Waals surface area contributed by atoms with Crippen molar-refractivity contribution in [3.8, 4) is 0 Å². The molecule has 1 saturated carbocycles. The van der Waals surface area contributed by atoms with Crippen LogP contribution in [0.4, 0.5) is 30.2 Å². The number of fused-ring (bicyclic) bond motifs is 1. The van der Waals surface area contributed by atoms with E-state index < -0.39 is 46.9 Å². The quantitative estimate of drug-likeness (QED) is 0.297. The normalized spacial score (nSPS) is 22.3. The first kappa shape index (κ1) is 36.1. The van der Waals surface area contributed by atoms with Crippen LogP contribution >= 0.6 is 11.6 Å². The van der Waals surface area contributed by atoms with Crippen LogP contribution in [-0.4, -0.2) is 76.4 Å². The molecule has 2 aromatic carbocycles. The number of imide groups is 2. The highest BCUT2D eigenvalue weighted by atomic mass is 35.5. The SMILES string of the molecule is O=C1CCC(N2C(=O)c3ccc(N4CCC(C5CCN(c6cnn(C7(C(=O)Nc8ccc(C(F)(F)F)cc8Cl)CCC7)c6)CC5)CC4)cc3C2=O)C(=O)N1. The fraction of sp³-hybridized carbons (Fsp3) is 0.474. The van der Waals surface area contributed by atoms with Crippen LogP contribution in [0.25, 0.3) is 0 Å². The highest BCUT2D eigenvalue weighted by Crippen LogP contribution is 2.43. The standard InChI is InChI=1S/C38H39ClF3N7O5/c39-29-18-24(38(40,41)42)2-5-30(29)44-36(54)37(12-1-13-37)48-21-26(20-43-48)47-16-10-23(11-17-47)22-8-14-46(15-9-22)25-3-4-27-28(19-25)35(53)49(34(27)52)31-6-7-32(50)45-33(31)51/h2-5,18-23,31H,1,6-17H2,(H,44,54)(H,45,50,51). The minimum absolute atomic E-state index is 0.0736. The first-order chi connectivity index (χ1) is 25.8. The van der Waals surface area contributed by atoms with Gasteiger partial charge in [-0.3, -0.25) is 38.9 Å². The van der Waals surface area contributed by atoms with E-state index in [2.05, 4.69) is 25.5 Å². The van der Waals surface area contributed by atoms with Crippen molar-refractivity contribution in [1.29, 1.82) is 0 Å². The first-order valence-electron chi connectivity index (χ1n) is 18.4. The van der Waals surface area contributed by atoms with E-state index in [0.717, 1.165) is 86.7 Å². The fourth-order valence-corrected chi connectivity index (χ4v) is 8.96. The Morgan fingerprint density at radius 1 is 0.852 bits per heavy atom. The van der Waals surface area contributed by atoms with Crippen LogP contribution in [-0.2, 0) is 26.1 Å². The maximum absolute atomic E-state index is 13.5. The monoisotopic (exact) mass is 765 g/mol. The van der Waals surface area contributed by atoms with Crippen molar-refractivity contribution < 1.29 is 37.1 Å². The minimum Gasteiger partial charge on any atom is -0.371 e. The average molecular weight is 766 g/mol. The summed E-state index contributed by atoms with van der Waals surface area (Å²) in [7, 11) is 0. The molecule has 4 fully saturated rings. The molecule has 16 heteroatoms. The Balaban J connectivity index is 0.848. The molecule has 5 aliphatic rings. The van der Waals surface area contributed by atoms with E-state index in [-0.39, 0.29) is 40.6 Å². The smallest absolute Gasteiger partial charge is 0.371 e. The number of amides is 5.